The van der Waals surface area contributed by atoms with Crippen molar-refractivity contribution in [3.8, 4) is 0 Å². The van der Waals surface area contributed by atoms with Crippen LogP contribution in [0.1, 0.15) is 41.7 Å². The van der Waals surface area contributed by atoms with Crippen molar-refractivity contribution >= 4 is 13.8 Å². The number of benzene rings is 2. The van der Waals surface area contributed by atoms with Crippen LogP contribution in [0.3, 0.4) is 0 Å². The van der Waals surface area contributed by atoms with Gasteiger partial charge in [-0.25, -0.2) is 0 Å². The lowest BCUT2D eigenvalue weighted by Gasteiger charge is -2.19. The van der Waals surface area contributed by atoms with E-state index >= 15 is 0 Å². The highest BCUT2D eigenvalue weighted by Crippen LogP contribution is 2.23. The van der Waals surface area contributed by atoms with Crippen LogP contribution in [-0.4, -0.2) is 13.8 Å². The van der Waals surface area contributed by atoms with Crippen molar-refractivity contribution in [1.82, 2.24) is 0 Å². The highest BCUT2D eigenvalue weighted by molar-refractivity contribution is 6.26. The van der Waals surface area contributed by atoms with Crippen LogP contribution in [0.15, 0.2) is 42.5 Å². The van der Waals surface area contributed by atoms with Crippen molar-refractivity contribution in [3.05, 3.63) is 70.3 Å². The monoisotopic (exact) mass is 320 g/mol. The predicted octanol–water partition coefficient (Wildman–Crippen LogP) is 3.45. The number of ether oxygens (including phenoxy) is 1. The van der Waals surface area contributed by atoms with Crippen molar-refractivity contribution in [2.75, 3.05) is 0 Å². The van der Waals surface area contributed by atoms with Gasteiger partial charge >= 0.3 is 5.97 Å². The fourth-order valence-electron chi connectivity index (χ4n) is 3.01. The van der Waals surface area contributed by atoms with E-state index in [-0.39, 0.29) is 5.97 Å². The largest absolute Gasteiger partial charge is 0.461 e. The zero-order chi connectivity index (χ0) is 17.2. The third-order valence-electron chi connectivity index (χ3n) is 4.65. The Kier molecular flexibility index (Phi) is 4.79. The van der Waals surface area contributed by atoms with Gasteiger partial charge in [-0.1, -0.05) is 56.3 Å². The highest BCUT2D eigenvalue weighted by atomic mass is 16.5. The van der Waals surface area contributed by atoms with E-state index < -0.39 is 5.31 Å². The van der Waals surface area contributed by atoms with E-state index in [0.29, 0.717) is 6.61 Å². The molecule has 0 aromatic heterocycles. The first-order valence-corrected chi connectivity index (χ1v) is 8.77. The molecule has 0 amide bonds. The molecule has 0 unspecified atom stereocenters. The molecule has 4 aliphatic carbocycles. The van der Waals surface area contributed by atoms with Crippen molar-refractivity contribution in [1.29, 1.82) is 0 Å². The Balaban J connectivity index is 1.82. The topological polar surface area (TPSA) is 26.3 Å². The number of hydrogen-bond acceptors (Lipinski definition) is 2. The number of carbonyl (C=O) groups excluding carboxylic acids is 1. The van der Waals surface area contributed by atoms with Gasteiger partial charge in [0.25, 0.3) is 0 Å². The smallest absolute Gasteiger partial charge is 0.303 e. The standard InChI is InChI=1S/C21H25BO2/c1-21(2,22)20(23)24-14-19-13-17-8-7-15-3-5-16(6-4-15)9-11-18(19)12-10-17/h3-6,10,12-13H,7-9,11,14,22H2,1-2H3. The number of aryl methyl sites for hydroxylation is 4. The maximum atomic E-state index is 12.1. The van der Waals surface area contributed by atoms with Crippen molar-refractivity contribution < 1.29 is 9.53 Å². The minimum Gasteiger partial charge on any atom is -0.461 e. The third-order valence-corrected chi connectivity index (χ3v) is 4.65. The summed E-state index contributed by atoms with van der Waals surface area (Å²) in [6.45, 7) is 4.15. The molecule has 3 heteroatoms. The molecule has 124 valence electrons. The molecule has 0 saturated carbocycles. The summed E-state index contributed by atoms with van der Waals surface area (Å²) < 4.78 is 5.57. The van der Waals surface area contributed by atoms with Gasteiger partial charge < -0.3 is 4.74 Å². The van der Waals surface area contributed by atoms with E-state index in [1.165, 1.54) is 22.3 Å². The van der Waals surface area contributed by atoms with Crippen molar-refractivity contribution in [3.63, 3.8) is 0 Å². The maximum Gasteiger partial charge on any atom is 0.303 e. The van der Waals surface area contributed by atoms with E-state index in [2.05, 4.69) is 42.5 Å². The second kappa shape index (κ2) is 6.84. The first-order valence-electron chi connectivity index (χ1n) is 8.77. The predicted molar refractivity (Wildman–Crippen MR) is 100 cm³/mol. The van der Waals surface area contributed by atoms with Crippen molar-refractivity contribution in [2.45, 2.75) is 51.5 Å². The van der Waals surface area contributed by atoms with E-state index in [0.717, 1.165) is 31.2 Å². The Morgan fingerprint density at radius 1 is 0.958 bits per heavy atom. The Labute approximate surface area is 145 Å². The number of esters is 1. The molecule has 2 aromatic rings. The summed E-state index contributed by atoms with van der Waals surface area (Å²) in [5.41, 5.74) is 6.49. The maximum absolute atomic E-state index is 12.1. The zero-order valence-corrected chi connectivity index (χ0v) is 14.9. The van der Waals surface area contributed by atoms with Gasteiger partial charge in [0.1, 0.15) is 14.5 Å². The van der Waals surface area contributed by atoms with Crippen LogP contribution in [0.4, 0.5) is 0 Å². The summed E-state index contributed by atoms with van der Waals surface area (Å²) in [5, 5.41) is -0.458. The van der Waals surface area contributed by atoms with Gasteiger partial charge in [-0.3, -0.25) is 4.79 Å². The molecule has 0 N–H and O–H groups in total. The number of hydrogen-bond donors (Lipinski definition) is 0. The lowest BCUT2D eigenvalue weighted by molar-refractivity contribution is -0.147. The minimum absolute atomic E-state index is 0.144. The van der Waals surface area contributed by atoms with Crippen LogP contribution in [0.25, 0.3) is 0 Å². The third kappa shape index (κ3) is 4.08. The van der Waals surface area contributed by atoms with E-state index in [1.807, 2.05) is 21.7 Å². The normalized spacial score (nSPS) is 14.1. The Hall–Kier alpha value is -2.03. The summed E-state index contributed by atoms with van der Waals surface area (Å²) in [6.07, 6.45) is 4.04. The fourth-order valence-corrected chi connectivity index (χ4v) is 3.01. The summed E-state index contributed by atoms with van der Waals surface area (Å²) in [5.74, 6) is -0.144. The molecule has 0 fully saturated rings. The first-order chi connectivity index (χ1) is 11.4. The summed E-state index contributed by atoms with van der Waals surface area (Å²) in [4.78, 5) is 12.1. The molecule has 4 aliphatic rings. The van der Waals surface area contributed by atoms with Gasteiger partial charge in [-0.15, -0.1) is 0 Å². The average molecular weight is 320 g/mol. The second-order valence-electron chi connectivity index (χ2n) is 7.75. The molecule has 0 aliphatic heterocycles. The minimum atomic E-state index is -0.458. The quantitative estimate of drug-likeness (QED) is 0.640. The van der Waals surface area contributed by atoms with Gasteiger partial charge in [-0.05, 0) is 53.5 Å². The van der Waals surface area contributed by atoms with Crippen LogP contribution in [0, 0.1) is 0 Å². The SMILES string of the molecule is BC(C)(C)C(=O)OCc1cc2ccc1CCc1ccc(cc1)CC2. The summed E-state index contributed by atoms with van der Waals surface area (Å²) >= 11 is 0. The molecule has 0 atom stereocenters. The summed E-state index contributed by atoms with van der Waals surface area (Å²) in [6, 6.07) is 15.6. The van der Waals surface area contributed by atoms with E-state index in [9.17, 15) is 4.79 Å². The van der Waals surface area contributed by atoms with Crippen LogP contribution < -0.4 is 0 Å². The van der Waals surface area contributed by atoms with E-state index in [4.69, 9.17) is 4.74 Å². The van der Waals surface area contributed by atoms with Crippen molar-refractivity contribution in [2.24, 2.45) is 0 Å². The van der Waals surface area contributed by atoms with Gasteiger partial charge in [-0.2, -0.15) is 0 Å². The molecule has 0 radical (unpaired) electrons. The average Bonchev–Trinajstić information content (AvgIpc) is 2.54. The number of carbonyl (C=O) groups is 1. The summed E-state index contributed by atoms with van der Waals surface area (Å²) in [7, 11) is 1.89. The Bertz CT molecular complexity index is 726. The van der Waals surface area contributed by atoms with Gasteiger partial charge in [0.2, 0.25) is 0 Å². The van der Waals surface area contributed by atoms with Gasteiger partial charge in [0, 0.05) is 5.31 Å². The molecular weight excluding hydrogens is 295 g/mol. The van der Waals surface area contributed by atoms with Crippen LogP contribution in [0.2, 0.25) is 5.31 Å². The number of rotatable bonds is 3. The lowest BCUT2D eigenvalue weighted by atomic mass is 9.73. The Morgan fingerprint density at radius 2 is 1.50 bits per heavy atom. The van der Waals surface area contributed by atoms with Gasteiger partial charge in [0.15, 0.2) is 0 Å². The molecule has 24 heavy (non-hydrogen) atoms. The lowest BCUT2D eigenvalue weighted by Crippen LogP contribution is -2.20. The van der Waals surface area contributed by atoms with Crippen LogP contribution in [-0.2, 0) is 41.8 Å². The molecule has 6 rings (SSSR count). The molecule has 0 spiro atoms. The molecule has 0 saturated heterocycles. The molecular formula is C21H25BO2. The highest BCUT2D eigenvalue weighted by Gasteiger charge is 2.23. The molecule has 4 bridgehead atoms. The second-order valence-corrected chi connectivity index (χ2v) is 7.75. The zero-order valence-electron chi connectivity index (χ0n) is 14.9. The first kappa shape index (κ1) is 16.8. The molecule has 0 heterocycles. The Morgan fingerprint density at radius 3 is 2.12 bits per heavy atom. The van der Waals surface area contributed by atoms with Crippen LogP contribution >= 0.6 is 0 Å². The van der Waals surface area contributed by atoms with Gasteiger partial charge in [0.05, 0.1) is 0 Å². The fraction of sp³-hybridized carbons (Fsp3) is 0.381. The van der Waals surface area contributed by atoms with Crippen LogP contribution in [0.5, 0.6) is 0 Å². The molecule has 2 nitrogen and oxygen atoms in total. The molecule has 2 aromatic carbocycles. The van der Waals surface area contributed by atoms with E-state index in [1.54, 1.807) is 0 Å².